The van der Waals surface area contributed by atoms with Gasteiger partial charge in [0.15, 0.2) is 0 Å². The van der Waals surface area contributed by atoms with E-state index in [1.165, 1.54) is 25.9 Å². The summed E-state index contributed by atoms with van der Waals surface area (Å²) in [4.78, 5) is 0. The Labute approximate surface area is 66.9 Å². The van der Waals surface area contributed by atoms with Crippen molar-refractivity contribution in [1.29, 1.82) is 0 Å². The van der Waals surface area contributed by atoms with E-state index < -0.39 is 10.2 Å². The Morgan fingerprint density at radius 2 is 1.27 bits per heavy atom. The van der Waals surface area contributed by atoms with Crippen molar-refractivity contribution in [2.75, 3.05) is 13.1 Å². The Kier molecular flexibility index (Phi) is 4.55. The maximum Gasteiger partial charge on any atom is 0.142 e. The third kappa shape index (κ3) is 12.9. The van der Waals surface area contributed by atoms with Gasteiger partial charge in [-0.2, -0.15) is 0 Å². The van der Waals surface area contributed by atoms with E-state index in [0.29, 0.717) is 0 Å². The predicted molar refractivity (Wildman–Crippen MR) is 26.3 cm³/mol. The second-order valence-electron chi connectivity index (χ2n) is 2.20. The fourth-order valence-electron chi connectivity index (χ4n) is 0.783. The lowest BCUT2D eigenvalue weighted by Gasteiger charge is -2.17. The molecule has 0 saturated carbocycles. The molecule has 0 spiro atoms. The smallest absolute Gasteiger partial charge is 0.142 e. The van der Waals surface area contributed by atoms with E-state index in [0.717, 1.165) is 0 Å². The molecule has 1 heterocycles. The summed E-state index contributed by atoms with van der Waals surface area (Å²) in [5.74, 6) is 0. The molecule has 0 aliphatic carbocycles. The van der Waals surface area contributed by atoms with E-state index in [2.05, 4.69) is 11.3 Å². The van der Waals surface area contributed by atoms with Crippen LogP contribution in [0.4, 0.5) is 0 Å². The van der Waals surface area contributed by atoms with Gasteiger partial charge in [-0.3, -0.25) is 0 Å². The minimum absolute atomic E-state index is 1.21. The van der Waals surface area contributed by atoms with Gasteiger partial charge in [0.05, 0.1) is 0 Å². The molecular formula is C5H10ClNO4. The SMILES string of the molecule is C=[N+]1CCCC1.[O-][Cl+3]([O-])([O-])[O-]. The first-order valence-corrected chi connectivity index (χ1v) is 4.30. The fourth-order valence-corrected chi connectivity index (χ4v) is 0.783. The zero-order chi connectivity index (χ0) is 8.91. The Balaban J connectivity index is 0.000000187. The molecule has 11 heavy (non-hydrogen) atoms. The minimum Gasteiger partial charge on any atom is -0.242 e. The second-order valence-corrected chi connectivity index (χ2v) is 2.96. The first kappa shape index (κ1) is 10.8. The Bertz CT molecular complexity index is 119. The van der Waals surface area contributed by atoms with Gasteiger partial charge in [-0.25, -0.2) is 23.2 Å². The molecule has 1 saturated heterocycles. The molecule has 0 unspecified atom stereocenters. The van der Waals surface area contributed by atoms with Crippen LogP contribution in [-0.4, -0.2) is 24.4 Å². The fraction of sp³-hybridized carbons (Fsp3) is 0.800. The van der Waals surface area contributed by atoms with Crippen LogP contribution < -0.4 is 18.6 Å². The van der Waals surface area contributed by atoms with Crippen LogP contribution in [-0.2, 0) is 0 Å². The van der Waals surface area contributed by atoms with Gasteiger partial charge in [0.25, 0.3) is 0 Å². The monoisotopic (exact) mass is 183 g/mol. The summed E-state index contributed by atoms with van der Waals surface area (Å²) in [5.41, 5.74) is 0. The molecule has 0 aromatic carbocycles. The van der Waals surface area contributed by atoms with Crippen molar-refractivity contribution in [3.8, 4) is 0 Å². The number of hydrogen-bond donors (Lipinski definition) is 0. The predicted octanol–water partition coefficient (Wildman–Crippen LogP) is -4.26. The van der Waals surface area contributed by atoms with Crippen molar-refractivity contribution >= 4 is 6.72 Å². The quantitative estimate of drug-likeness (QED) is 0.355. The Morgan fingerprint density at radius 1 is 1.00 bits per heavy atom. The standard InChI is InChI=1S/C5H10N.ClHO4/c1-6-4-2-3-5-6;2-1(3,4)5/h1-5H2;(H,2,3,4,5)/q+1;/p-1. The first-order valence-electron chi connectivity index (χ1n) is 3.07. The van der Waals surface area contributed by atoms with Crippen molar-refractivity contribution in [3.63, 3.8) is 0 Å². The summed E-state index contributed by atoms with van der Waals surface area (Å²) < 4.78 is 36.1. The van der Waals surface area contributed by atoms with Gasteiger partial charge in [0.1, 0.15) is 19.8 Å². The van der Waals surface area contributed by atoms with Crippen LogP contribution in [0.5, 0.6) is 0 Å². The Hall–Kier alpha value is -0.200. The largest absolute Gasteiger partial charge is 0.242 e. The molecule has 1 aliphatic rings. The van der Waals surface area contributed by atoms with Crippen molar-refractivity contribution < 1.29 is 33.5 Å². The van der Waals surface area contributed by atoms with Crippen LogP contribution in [0.15, 0.2) is 0 Å². The average molecular weight is 184 g/mol. The van der Waals surface area contributed by atoms with Gasteiger partial charge in [0.2, 0.25) is 0 Å². The average Bonchev–Trinajstić information content (AvgIpc) is 2.12. The molecule has 0 atom stereocenters. The molecule has 66 valence electrons. The summed E-state index contributed by atoms with van der Waals surface area (Å²) in [5, 5.41) is 0. The molecule has 1 rings (SSSR count). The van der Waals surface area contributed by atoms with Crippen molar-refractivity contribution in [2.24, 2.45) is 0 Å². The number of hydrogen-bond acceptors (Lipinski definition) is 4. The van der Waals surface area contributed by atoms with Crippen LogP contribution in [0.2, 0.25) is 0 Å². The zero-order valence-corrected chi connectivity index (χ0v) is 6.75. The van der Waals surface area contributed by atoms with Crippen LogP contribution >= 0.6 is 0 Å². The molecule has 0 bridgehead atoms. The van der Waals surface area contributed by atoms with Crippen molar-refractivity contribution in [2.45, 2.75) is 12.8 Å². The molecule has 0 amide bonds. The summed E-state index contributed by atoms with van der Waals surface area (Å²) in [7, 11) is -4.94. The van der Waals surface area contributed by atoms with Gasteiger partial charge < -0.3 is 0 Å². The molecule has 1 fully saturated rings. The number of halogens is 1. The van der Waals surface area contributed by atoms with Gasteiger partial charge in [-0.05, 0) is 0 Å². The lowest BCUT2D eigenvalue weighted by Crippen LogP contribution is -2.68. The molecule has 0 aromatic rings. The molecule has 0 N–H and O–H groups in total. The van der Waals surface area contributed by atoms with E-state index in [4.69, 9.17) is 18.6 Å². The Morgan fingerprint density at radius 3 is 1.36 bits per heavy atom. The summed E-state index contributed by atoms with van der Waals surface area (Å²) in [6, 6.07) is 0. The van der Waals surface area contributed by atoms with Crippen LogP contribution in [0, 0.1) is 10.2 Å². The van der Waals surface area contributed by atoms with Gasteiger partial charge in [0, 0.05) is 12.8 Å². The highest BCUT2D eigenvalue weighted by Gasteiger charge is 2.07. The maximum absolute atomic E-state index is 8.49. The lowest BCUT2D eigenvalue weighted by molar-refractivity contribution is -2.00. The van der Waals surface area contributed by atoms with Crippen molar-refractivity contribution in [3.05, 3.63) is 0 Å². The van der Waals surface area contributed by atoms with Crippen LogP contribution in [0.25, 0.3) is 0 Å². The molecule has 5 nitrogen and oxygen atoms in total. The summed E-state index contributed by atoms with van der Waals surface area (Å²) in [6.07, 6.45) is 2.70. The molecule has 1 aliphatic heterocycles. The molecule has 0 radical (unpaired) electrons. The second kappa shape index (κ2) is 4.63. The number of nitrogens with zero attached hydrogens (tertiary/aromatic N) is 1. The van der Waals surface area contributed by atoms with E-state index >= 15 is 0 Å². The van der Waals surface area contributed by atoms with Gasteiger partial charge >= 0.3 is 0 Å². The van der Waals surface area contributed by atoms with E-state index in [9.17, 15) is 0 Å². The topological polar surface area (TPSA) is 95.2 Å². The summed E-state index contributed by atoms with van der Waals surface area (Å²) >= 11 is 0. The normalized spacial score (nSPS) is 17.6. The van der Waals surface area contributed by atoms with Gasteiger partial charge in [-0.1, -0.05) is 0 Å². The molecular weight excluding hydrogens is 174 g/mol. The third-order valence-corrected chi connectivity index (χ3v) is 1.20. The zero-order valence-electron chi connectivity index (χ0n) is 5.99. The van der Waals surface area contributed by atoms with Crippen molar-refractivity contribution in [1.82, 2.24) is 0 Å². The highest BCUT2D eigenvalue weighted by molar-refractivity contribution is 5.14. The minimum atomic E-state index is -4.94. The summed E-state index contributed by atoms with van der Waals surface area (Å²) in [6.45, 7) is 6.19. The molecule has 6 heteroatoms. The molecule has 0 aromatic heterocycles. The lowest BCUT2D eigenvalue weighted by atomic mass is 10.4. The van der Waals surface area contributed by atoms with E-state index in [1.54, 1.807) is 0 Å². The maximum atomic E-state index is 8.49. The first-order chi connectivity index (χ1) is 4.89. The number of rotatable bonds is 0. The van der Waals surface area contributed by atoms with E-state index in [1.807, 2.05) is 0 Å². The van der Waals surface area contributed by atoms with Crippen LogP contribution in [0.3, 0.4) is 0 Å². The highest BCUT2D eigenvalue weighted by atomic mass is 35.7. The van der Waals surface area contributed by atoms with Gasteiger partial charge in [-0.15, -0.1) is 10.2 Å². The van der Waals surface area contributed by atoms with Crippen LogP contribution in [0.1, 0.15) is 12.8 Å². The van der Waals surface area contributed by atoms with E-state index in [-0.39, 0.29) is 0 Å². The highest BCUT2D eigenvalue weighted by Crippen LogP contribution is 1.97. The third-order valence-electron chi connectivity index (χ3n) is 1.20.